The van der Waals surface area contributed by atoms with Crippen molar-refractivity contribution in [2.45, 2.75) is 31.7 Å². The standard InChI is InChI=1S/C13H16N2O3/c16-12(17)9-15(11-5-1-2-6-11)13(18)10-4-3-7-14-8-10/h3-4,7-8,11H,1-2,5-6,9H2,(H,16,17). The lowest BCUT2D eigenvalue weighted by atomic mass is 10.1. The molecule has 1 N–H and O–H groups in total. The van der Waals surface area contributed by atoms with E-state index >= 15 is 0 Å². The molecule has 0 aromatic carbocycles. The fraction of sp³-hybridized carbons (Fsp3) is 0.462. The third-order valence-corrected chi connectivity index (χ3v) is 3.24. The molecule has 1 fully saturated rings. The highest BCUT2D eigenvalue weighted by Gasteiger charge is 2.28. The fourth-order valence-electron chi connectivity index (χ4n) is 2.38. The van der Waals surface area contributed by atoms with E-state index in [9.17, 15) is 9.59 Å². The lowest BCUT2D eigenvalue weighted by molar-refractivity contribution is -0.138. The molecule has 0 atom stereocenters. The number of carboxylic acids is 1. The number of carbonyl (C=O) groups excluding carboxylic acids is 1. The monoisotopic (exact) mass is 248 g/mol. The minimum Gasteiger partial charge on any atom is -0.480 e. The van der Waals surface area contributed by atoms with Gasteiger partial charge in [0.1, 0.15) is 6.54 Å². The molecule has 1 amide bonds. The fourth-order valence-corrected chi connectivity index (χ4v) is 2.38. The first-order chi connectivity index (χ1) is 8.68. The van der Waals surface area contributed by atoms with Gasteiger partial charge in [0.25, 0.3) is 5.91 Å². The van der Waals surface area contributed by atoms with E-state index in [1.165, 1.54) is 11.1 Å². The van der Waals surface area contributed by atoms with Crippen LogP contribution in [-0.2, 0) is 4.79 Å². The van der Waals surface area contributed by atoms with E-state index in [1.807, 2.05) is 0 Å². The van der Waals surface area contributed by atoms with Crippen LogP contribution in [0.25, 0.3) is 0 Å². The summed E-state index contributed by atoms with van der Waals surface area (Å²) in [4.78, 5) is 28.5. The summed E-state index contributed by atoms with van der Waals surface area (Å²) >= 11 is 0. The Bertz CT molecular complexity index is 427. The number of aromatic nitrogens is 1. The normalized spacial score (nSPS) is 15.6. The predicted octanol–water partition coefficient (Wildman–Crippen LogP) is 1.55. The Balaban J connectivity index is 2.17. The number of amides is 1. The van der Waals surface area contributed by atoms with Crippen LogP contribution in [0.1, 0.15) is 36.0 Å². The smallest absolute Gasteiger partial charge is 0.323 e. The van der Waals surface area contributed by atoms with Gasteiger partial charge in [-0.2, -0.15) is 0 Å². The highest BCUT2D eigenvalue weighted by atomic mass is 16.4. The van der Waals surface area contributed by atoms with E-state index in [-0.39, 0.29) is 18.5 Å². The van der Waals surface area contributed by atoms with Crippen LogP contribution < -0.4 is 0 Å². The molecule has 1 aliphatic rings. The van der Waals surface area contributed by atoms with E-state index in [0.717, 1.165) is 25.7 Å². The third-order valence-electron chi connectivity index (χ3n) is 3.24. The van der Waals surface area contributed by atoms with Gasteiger partial charge in [0, 0.05) is 18.4 Å². The Labute approximate surface area is 105 Å². The number of nitrogens with zero attached hydrogens (tertiary/aromatic N) is 2. The van der Waals surface area contributed by atoms with Crippen molar-refractivity contribution in [1.29, 1.82) is 0 Å². The molecule has 1 saturated carbocycles. The highest BCUT2D eigenvalue weighted by Crippen LogP contribution is 2.24. The highest BCUT2D eigenvalue weighted by molar-refractivity contribution is 5.95. The van der Waals surface area contributed by atoms with Crippen molar-refractivity contribution in [3.8, 4) is 0 Å². The maximum absolute atomic E-state index is 12.3. The molecule has 0 aliphatic heterocycles. The number of pyridine rings is 1. The van der Waals surface area contributed by atoms with Gasteiger partial charge in [-0.05, 0) is 25.0 Å². The van der Waals surface area contributed by atoms with Gasteiger partial charge in [-0.1, -0.05) is 12.8 Å². The van der Waals surface area contributed by atoms with Crippen LogP contribution in [0.4, 0.5) is 0 Å². The average Bonchev–Trinajstić information content (AvgIpc) is 2.89. The van der Waals surface area contributed by atoms with Gasteiger partial charge in [0.05, 0.1) is 5.56 Å². The summed E-state index contributed by atoms with van der Waals surface area (Å²) in [7, 11) is 0. The van der Waals surface area contributed by atoms with Gasteiger partial charge in [0.2, 0.25) is 0 Å². The zero-order chi connectivity index (χ0) is 13.0. The molecule has 18 heavy (non-hydrogen) atoms. The number of rotatable bonds is 4. The van der Waals surface area contributed by atoms with Crippen LogP contribution in [0.15, 0.2) is 24.5 Å². The van der Waals surface area contributed by atoms with E-state index < -0.39 is 5.97 Å². The van der Waals surface area contributed by atoms with Crippen LogP contribution in [0.5, 0.6) is 0 Å². The third kappa shape index (κ3) is 2.85. The van der Waals surface area contributed by atoms with Crippen LogP contribution >= 0.6 is 0 Å². The van der Waals surface area contributed by atoms with Crippen molar-refractivity contribution in [2.75, 3.05) is 6.54 Å². The van der Waals surface area contributed by atoms with E-state index in [1.54, 1.807) is 18.3 Å². The first-order valence-electron chi connectivity index (χ1n) is 6.11. The Morgan fingerprint density at radius 1 is 1.39 bits per heavy atom. The van der Waals surface area contributed by atoms with Crippen molar-refractivity contribution in [3.63, 3.8) is 0 Å². The number of carboxylic acid groups (broad SMARTS) is 1. The summed E-state index contributed by atoms with van der Waals surface area (Å²) in [5, 5.41) is 8.93. The number of hydrogen-bond acceptors (Lipinski definition) is 3. The van der Waals surface area contributed by atoms with E-state index in [0.29, 0.717) is 5.56 Å². The zero-order valence-corrected chi connectivity index (χ0v) is 10.1. The summed E-state index contributed by atoms with van der Waals surface area (Å²) in [6, 6.07) is 3.40. The Hall–Kier alpha value is -1.91. The quantitative estimate of drug-likeness (QED) is 0.877. The molecule has 1 aliphatic carbocycles. The molecule has 0 radical (unpaired) electrons. The first-order valence-corrected chi connectivity index (χ1v) is 6.11. The van der Waals surface area contributed by atoms with Gasteiger partial charge in [-0.3, -0.25) is 14.6 Å². The summed E-state index contributed by atoms with van der Waals surface area (Å²) < 4.78 is 0. The van der Waals surface area contributed by atoms with Gasteiger partial charge < -0.3 is 10.0 Å². The molecule has 2 rings (SSSR count). The molecule has 0 saturated heterocycles. The zero-order valence-electron chi connectivity index (χ0n) is 10.1. The average molecular weight is 248 g/mol. The van der Waals surface area contributed by atoms with Gasteiger partial charge in [-0.25, -0.2) is 0 Å². The molecule has 0 unspecified atom stereocenters. The molecule has 0 bridgehead atoms. The Morgan fingerprint density at radius 2 is 2.11 bits per heavy atom. The van der Waals surface area contributed by atoms with E-state index in [4.69, 9.17) is 5.11 Å². The molecular weight excluding hydrogens is 232 g/mol. The van der Waals surface area contributed by atoms with Crippen LogP contribution in [-0.4, -0.2) is 39.5 Å². The van der Waals surface area contributed by atoms with Crippen molar-refractivity contribution in [2.24, 2.45) is 0 Å². The maximum atomic E-state index is 12.3. The predicted molar refractivity (Wildman–Crippen MR) is 65.2 cm³/mol. The van der Waals surface area contributed by atoms with Gasteiger partial charge in [-0.15, -0.1) is 0 Å². The molecule has 1 heterocycles. The topological polar surface area (TPSA) is 70.5 Å². The maximum Gasteiger partial charge on any atom is 0.323 e. The summed E-state index contributed by atoms with van der Waals surface area (Å²) in [5.74, 6) is -1.21. The molecule has 5 heteroatoms. The summed E-state index contributed by atoms with van der Waals surface area (Å²) in [6.45, 7) is -0.238. The van der Waals surface area contributed by atoms with Crippen molar-refractivity contribution >= 4 is 11.9 Å². The largest absolute Gasteiger partial charge is 0.480 e. The van der Waals surface area contributed by atoms with E-state index in [2.05, 4.69) is 4.98 Å². The van der Waals surface area contributed by atoms with Crippen molar-refractivity contribution in [1.82, 2.24) is 9.88 Å². The molecule has 0 spiro atoms. The Kier molecular flexibility index (Phi) is 3.92. The minimum atomic E-state index is -0.973. The van der Waals surface area contributed by atoms with Gasteiger partial charge in [0.15, 0.2) is 0 Å². The molecule has 1 aromatic heterocycles. The van der Waals surface area contributed by atoms with Crippen LogP contribution in [0.2, 0.25) is 0 Å². The van der Waals surface area contributed by atoms with Crippen molar-refractivity contribution < 1.29 is 14.7 Å². The molecule has 96 valence electrons. The lowest BCUT2D eigenvalue weighted by Crippen LogP contribution is -2.42. The first kappa shape index (κ1) is 12.5. The second-order valence-corrected chi connectivity index (χ2v) is 4.51. The summed E-state index contributed by atoms with van der Waals surface area (Å²) in [5.41, 5.74) is 0.450. The SMILES string of the molecule is O=C(O)CN(C(=O)c1cccnc1)C1CCCC1. The van der Waals surface area contributed by atoms with Gasteiger partial charge >= 0.3 is 5.97 Å². The number of hydrogen-bond donors (Lipinski definition) is 1. The lowest BCUT2D eigenvalue weighted by Gasteiger charge is -2.27. The number of aliphatic carboxylic acids is 1. The second-order valence-electron chi connectivity index (χ2n) is 4.51. The number of carbonyl (C=O) groups is 2. The van der Waals surface area contributed by atoms with Crippen LogP contribution in [0.3, 0.4) is 0 Å². The minimum absolute atomic E-state index is 0.0498. The van der Waals surface area contributed by atoms with Crippen molar-refractivity contribution in [3.05, 3.63) is 30.1 Å². The Morgan fingerprint density at radius 3 is 2.67 bits per heavy atom. The summed E-state index contributed by atoms with van der Waals surface area (Å²) in [6.07, 6.45) is 6.96. The second kappa shape index (κ2) is 5.62. The molecular formula is C13H16N2O3. The molecule has 5 nitrogen and oxygen atoms in total. The molecule has 1 aromatic rings. The van der Waals surface area contributed by atoms with Crippen LogP contribution in [0, 0.1) is 0 Å².